The summed E-state index contributed by atoms with van der Waals surface area (Å²) in [6.07, 6.45) is 3.04. The zero-order valence-corrected chi connectivity index (χ0v) is 22.2. The van der Waals surface area contributed by atoms with Crippen molar-refractivity contribution in [2.24, 2.45) is 11.1 Å². The summed E-state index contributed by atoms with van der Waals surface area (Å²) in [6, 6.07) is 10.7. The largest absolute Gasteiger partial charge is 0.496 e. The smallest absolute Gasteiger partial charge is 0.328 e. The molecule has 1 amide bonds. The number of nitrogens with zero attached hydrogens (tertiary/aromatic N) is 1. The van der Waals surface area contributed by atoms with E-state index in [1.165, 1.54) is 14.2 Å². The topological polar surface area (TPSA) is 105 Å². The minimum absolute atomic E-state index is 0.0439. The second-order valence-electron chi connectivity index (χ2n) is 8.75. The lowest BCUT2D eigenvalue weighted by atomic mass is 9.81. The highest BCUT2D eigenvalue weighted by molar-refractivity contribution is 6.40. The van der Waals surface area contributed by atoms with Gasteiger partial charge in [-0.25, -0.2) is 4.79 Å². The molecule has 0 bridgehead atoms. The summed E-state index contributed by atoms with van der Waals surface area (Å²) in [5.41, 5.74) is 3.81. The molecule has 0 radical (unpaired) electrons. The van der Waals surface area contributed by atoms with Gasteiger partial charge in [-0.1, -0.05) is 35.8 Å². The summed E-state index contributed by atoms with van der Waals surface area (Å²) in [4.78, 5) is 30.3. The average molecular weight is 513 g/mol. The molecule has 37 heavy (non-hydrogen) atoms. The first-order valence-corrected chi connectivity index (χ1v) is 12.4. The molecule has 0 saturated heterocycles. The van der Waals surface area contributed by atoms with Crippen LogP contribution < -0.4 is 14.8 Å². The number of hydrogen-bond donors (Lipinski definition) is 1. The molecule has 1 saturated carbocycles. The van der Waals surface area contributed by atoms with E-state index in [1.54, 1.807) is 14.2 Å². The summed E-state index contributed by atoms with van der Waals surface area (Å²) in [7, 11) is 5.94. The zero-order chi connectivity index (χ0) is 26.8. The fourth-order valence-corrected chi connectivity index (χ4v) is 4.25. The number of ether oxygens (including phenoxy) is 4. The normalized spacial score (nSPS) is 14.4. The first-order chi connectivity index (χ1) is 17.9. The van der Waals surface area contributed by atoms with Crippen LogP contribution in [0.1, 0.15) is 37.3 Å². The number of rotatable bonds is 13. The molecular formula is C28H36N2O7. The van der Waals surface area contributed by atoms with Crippen LogP contribution in [-0.4, -0.2) is 58.7 Å². The number of benzene rings is 2. The number of methoxy groups -OCH3 is 3. The van der Waals surface area contributed by atoms with Gasteiger partial charge in [0, 0.05) is 18.9 Å². The van der Waals surface area contributed by atoms with Crippen molar-refractivity contribution in [2.75, 3.05) is 35.0 Å². The van der Waals surface area contributed by atoms with Crippen LogP contribution in [0.5, 0.6) is 11.5 Å². The molecule has 9 heteroatoms. The van der Waals surface area contributed by atoms with Gasteiger partial charge in [0.25, 0.3) is 5.91 Å². The molecule has 0 aromatic heterocycles. The van der Waals surface area contributed by atoms with Crippen LogP contribution in [0.4, 0.5) is 0 Å². The molecule has 1 N–H and O–H groups in total. The molecule has 1 aliphatic rings. The average Bonchev–Trinajstić information content (AvgIpc) is 2.89. The van der Waals surface area contributed by atoms with E-state index in [-0.39, 0.29) is 12.3 Å². The van der Waals surface area contributed by atoms with Gasteiger partial charge in [0.2, 0.25) is 0 Å². The first kappa shape index (κ1) is 28.0. The molecule has 200 valence electrons. The van der Waals surface area contributed by atoms with Crippen molar-refractivity contribution in [1.82, 2.24) is 5.32 Å². The quantitative estimate of drug-likeness (QED) is 0.246. The van der Waals surface area contributed by atoms with Crippen LogP contribution >= 0.6 is 0 Å². The summed E-state index contributed by atoms with van der Waals surface area (Å²) in [5, 5.41) is 6.69. The van der Waals surface area contributed by atoms with E-state index >= 15 is 0 Å². The SMILES string of the molecule is CCOCc1cc(OC)c(-c2ccc(C[C@H](NC(=O)C(=NOC)C3CCC3)C(=O)OC)cc2)c(OC)c1. The van der Waals surface area contributed by atoms with E-state index in [1.807, 2.05) is 43.3 Å². The Morgan fingerprint density at radius 2 is 1.65 bits per heavy atom. The molecule has 1 aliphatic carbocycles. The third-order valence-electron chi connectivity index (χ3n) is 6.43. The second-order valence-corrected chi connectivity index (χ2v) is 8.75. The van der Waals surface area contributed by atoms with Crippen LogP contribution in [0.2, 0.25) is 0 Å². The van der Waals surface area contributed by atoms with Crippen molar-refractivity contribution < 1.29 is 33.4 Å². The molecule has 2 aromatic carbocycles. The number of carbonyl (C=O) groups excluding carboxylic acids is 2. The fraction of sp³-hybridized carbons (Fsp3) is 0.464. The summed E-state index contributed by atoms with van der Waals surface area (Å²) >= 11 is 0. The first-order valence-electron chi connectivity index (χ1n) is 12.4. The van der Waals surface area contributed by atoms with Crippen LogP contribution in [0, 0.1) is 5.92 Å². The Hall–Kier alpha value is -3.59. The molecule has 9 nitrogen and oxygen atoms in total. The van der Waals surface area contributed by atoms with E-state index in [0.717, 1.165) is 41.5 Å². The van der Waals surface area contributed by atoms with Crippen molar-refractivity contribution >= 4 is 17.6 Å². The third-order valence-corrected chi connectivity index (χ3v) is 6.43. The van der Waals surface area contributed by atoms with Crippen molar-refractivity contribution in [3.63, 3.8) is 0 Å². The number of carbonyl (C=O) groups is 2. The number of amides is 1. The molecule has 3 rings (SSSR count). The molecule has 0 heterocycles. The lowest BCUT2D eigenvalue weighted by Gasteiger charge is -2.26. The van der Waals surface area contributed by atoms with Gasteiger partial charge in [0.1, 0.15) is 30.4 Å². The summed E-state index contributed by atoms with van der Waals surface area (Å²) < 4.78 is 21.8. The van der Waals surface area contributed by atoms with Gasteiger partial charge in [0.15, 0.2) is 0 Å². The summed E-state index contributed by atoms with van der Waals surface area (Å²) in [5.74, 6) is 0.434. The Bertz CT molecular complexity index is 1070. The lowest BCUT2D eigenvalue weighted by molar-refractivity contribution is -0.144. The van der Waals surface area contributed by atoms with Crippen LogP contribution in [0.3, 0.4) is 0 Å². The monoisotopic (exact) mass is 512 g/mol. The fourth-order valence-electron chi connectivity index (χ4n) is 4.25. The Balaban J connectivity index is 1.81. The van der Waals surface area contributed by atoms with E-state index in [4.69, 9.17) is 23.8 Å². The van der Waals surface area contributed by atoms with Gasteiger partial charge >= 0.3 is 5.97 Å². The number of oxime groups is 1. The standard InChI is InChI=1S/C28H36N2O7/c1-6-37-17-19-15-23(33-2)25(24(16-19)34-3)20-12-10-18(11-13-20)14-22(28(32)35-4)29-27(31)26(30-36-5)21-8-7-9-21/h10-13,15-16,21-22H,6-9,14,17H2,1-5H3,(H,29,31)/t22-/m0/s1. The molecular weight excluding hydrogens is 476 g/mol. The van der Waals surface area contributed by atoms with Crippen molar-refractivity contribution in [3.8, 4) is 22.6 Å². The van der Waals surface area contributed by atoms with Crippen molar-refractivity contribution in [3.05, 3.63) is 47.5 Å². The van der Waals surface area contributed by atoms with E-state index in [2.05, 4.69) is 10.5 Å². The Morgan fingerprint density at radius 1 is 1.00 bits per heavy atom. The maximum absolute atomic E-state index is 12.9. The number of nitrogens with one attached hydrogen (secondary N) is 1. The highest BCUT2D eigenvalue weighted by atomic mass is 16.6. The second kappa shape index (κ2) is 13.6. The summed E-state index contributed by atoms with van der Waals surface area (Å²) in [6.45, 7) is 3.02. The minimum Gasteiger partial charge on any atom is -0.496 e. The highest BCUT2D eigenvalue weighted by Gasteiger charge is 2.32. The predicted octanol–water partition coefficient (Wildman–Crippen LogP) is 3.91. The Morgan fingerprint density at radius 3 is 2.14 bits per heavy atom. The molecule has 0 aliphatic heterocycles. The van der Waals surface area contributed by atoms with E-state index in [9.17, 15) is 9.59 Å². The lowest BCUT2D eigenvalue weighted by Crippen LogP contribution is -2.48. The van der Waals surface area contributed by atoms with Gasteiger partial charge in [0.05, 0.1) is 33.5 Å². The van der Waals surface area contributed by atoms with Gasteiger partial charge in [-0.3, -0.25) is 4.79 Å². The molecule has 1 atom stereocenters. The molecule has 0 unspecified atom stereocenters. The minimum atomic E-state index is -0.868. The van der Waals surface area contributed by atoms with Gasteiger partial charge in [-0.05, 0) is 48.6 Å². The van der Waals surface area contributed by atoms with Crippen molar-refractivity contribution in [2.45, 2.75) is 45.3 Å². The van der Waals surface area contributed by atoms with Gasteiger partial charge in [-0.2, -0.15) is 0 Å². The molecule has 0 spiro atoms. The van der Waals surface area contributed by atoms with E-state index in [0.29, 0.717) is 30.4 Å². The highest BCUT2D eigenvalue weighted by Crippen LogP contribution is 2.40. The number of hydrogen-bond acceptors (Lipinski definition) is 8. The van der Waals surface area contributed by atoms with Gasteiger partial charge < -0.3 is 29.1 Å². The van der Waals surface area contributed by atoms with Crippen LogP contribution in [0.25, 0.3) is 11.1 Å². The maximum atomic E-state index is 12.9. The zero-order valence-electron chi connectivity index (χ0n) is 22.2. The third kappa shape index (κ3) is 7.01. The Labute approximate surface area is 218 Å². The maximum Gasteiger partial charge on any atom is 0.328 e. The predicted molar refractivity (Wildman–Crippen MR) is 140 cm³/mol. The van der Waals surface area contributed by atoms with Crippen LogP contribution in [-0.2, 0) is 36.9 Å². The number of esters is 1. The molecule has 2 aromatic rings. The van der Waals surface area contributed by atoms with Crippen molar-refractivity contribution in [1.29, 1.82) is 0 Å². The van der Waals surface area contributed by atoms with Crippen LogP contribution in [0.15, 0.2) is 41.6 Å². The van der Waals surface area contributed by atoms with E-state index < -0.39 is 17.9 Å². The Kier molecular flexibility index (Phi) is 10.3. The van der Waals surface area contributed by atoms with Gasteiger partial charge in [-0.15, -0.1) is 0 Å². The molecule has 1 fully saturated rings.